The molecule has 16 heavy (non-hydrogen) atoms. The topological polar surface area (TPSA) is 17.1 Å². The van der Waals surface area contributed by atoms with Crippen LogP contribution in [0.5, 0.6) is 0 Å². The summed E-state index contributed by atoms with van der Waals surface area (Å²) < 4.78 is 0. The van der Waals surface area contributed by atoms with Gasteiger partial charge in [-0.25, -0.2) is 0 Å². The van der Waals surface area contributed by atoms with E-state index in [1.165, 1.54) is 11.1 Å². The van der Waals surface area contributed by atoms with Crippen LogP contribution in [0.4, 0.5) is 0 Å². The lowest BCUT2D eigenvalue weighted by Crippen LogP contribution is -2.07. The van der Waals surface area contributed by atoms with Crippen molar-refractivity contribution in [3.8, 4) is 0 Å². The number of Topliss-reactive ketones (excluding diaryl/α,β-unsaturated/α-hetero) is 1. The average Bonchev–Trinajstić information content (AvgIpc) is 2.29. The van der Waals surface area contributed by atoms with Crippen molar-refractivity contribution in [2.45, 2.75) is 13.8 Å². The highest BCUT2D eigenvalue weighted by Gasteiger charge is 2.19. The molecule has 0 aliphatic heterocycles. The smallest absolute Gasteiger partial charge is 0.189 e. The van der Waals surface area contributed by atoms with Gasteiger partial charge >= 0.3 is 0 Å². The van der Waals surface area contributed by atoms with Crippen LogP contribution in [0, 0.1) is 6.92 Å². The molecule has 3 rings (SSSR count). The third kappa shape index (κ3) is 1.09. The molecule has 0 saturated heterocycles. The minimum absolute atomic E-state index is 0.156. The molecule has 1 nitrogen and oxygen atoms in total. The van der Waals surface area contributed by atoms with Crippen LogP contribution in [0.3, 0.4) is 0 Å². The van der Waals surface area contributed by atoms with Crippen LogP contribution < -0.4 is 0 Å². The summed E-state index contributed by atoms with van der Waals surface area (Å²) in [5.74, 6) is 0.156. The van der Waals surface area contributed by atoms with Gasteiger partial charge in [0.05, 0.1) is 0 Å². The average molecular weight is 208 g/mol. The Balaban J connectivity index is 2.57. The van der Waals surface area contributed by atoms with Crippen molar-refractivity contribution in [3.63, 3.8) is 0 Å². The highest BCUT2D eigenvalue weighted by atomic mass is 16.1. The zero-order chi connectivity index (χ0) is 11.3. The van der Waals surface area contributed by atoms with Crippen LogP contribution in [0.2, 0.25) is 0 Å². The molecule has 1 heteroatoms. The first-order valence-corrected chi connectivity index (χ1v) is 5.44. The quantitative estimate of drug-likeness (QED) is 0.644. The van der Waals surface area contributed by atoms with Crippen molar-refractivity contribution >= 4 is 22.6 Å². The number of rotatable bonds is 0. The van der Waals surface area contributed by atoms with E-state index in [2.05, 4.69) is 25.1 Å². The first-order chi connectivity index (χ1) is 7.68. The Morgan fingerprint density at radius 1 is 1.00 bits per heavy atom. The van der Waals surface area contributed by atoms with Crippen molar-refractivity contribution in [1.29, 1.82) is 0 Å². The van der Waals surface area contributed by atoms with Gasteiger partial charge in [-0.15, -0.1) is 0 Å². The normalized spacial score (nSPS) is 14.1. The van der Waals surface area contributed by atoms with E-state index in [0.29, 0.717) is 0 Å². The van der Waals surface area contributed by atoms with Gasteiger partial charge in [0.1, 0.15) is 0 Å². The highest BCUT2D eigenvalue weighted by Crippen LogP contribution is 2.32. The molecule has 0 saturated carbocycles. The van der Waals surface area contributed by atoms with Crippen molar-refractivity contribution < 1.29 is 4.79 Å². The van der Waals surface area contributed by atoms with E-state index in [1.54, 1.807) is 0 Å². The first-order valence-electron chi connectivity index (χ1n) is 5.44. The second-order valence-corrected chi connectivity index (χ2v) is 4.36. The number of hydrogen-bond donors (Lipinski definition) is 0. The third-order valence-corrected chi connectivity index (χ3v) is 3.27. The van der Waals surface area contributed by atoms with Crippen LogP contribution in [0.1, 0.15) is 28.4 Å². The molecule has 0 spiro atoms. The van der Waals surface area contributed by atoms with E-state index in [-0.39, 0.29) is 5.78 Å². The van der Waals surface area contributed by atoms with Crippen molar-refractivity contribution in [2.24, 2.45) is 0 Å². The molecule has 2 aromatic carbocycles. The minimum atomic E-state index is 0.156. The Labute approximate surface area is 94.4 Å². The van der Waals surface area contributed by atoms with Gasteiger partial charge in [0.2, 0.25) is 0 Å². The summed E-state index contributed by atoms with van der Waals surface area (Å²) >= 11 is 0. The summed E-state index contributed by atoms with van der Waals surface area (Å²) in [5.41, 5.74) is 4.10. The predicted molar refractivity (Wildman–Crippen MR) is 66.7 cm³/mol. The number of benzene rings is 2. The first kappa shape index (κ1) is 9.34. The fourth-order valence-electron chi connectivity index (χ4n) is 2.38. The molecule has 1 aliphatic rings. The standard InChI is InChI=1S/C15H12O/c1-9-6-7-11-4-3-5-12-14(11)13(9)8-10(2)15(12)16/h3-8H,1-2H3. The molecule has 0 fully saturated rings. The molecule has 0 amide bonds. The molecule has 0 atom stereocenters. The fourth-order valence-corrected chi connectivity index (χ4v) is 2.38. The molecular weight excluding hydrogens is 196 g/mol. The zero-order valence-corrected chi connectivity index (χ0v) is 9.37. The largest absolute Gasteiger partial charge is 0.289 e. The van der Waals surface area contributed by atoms with Crippen molar-refractivity contribution in [3.05, 3.63) is 52.6 Å². The lowest BCUT2D eigenvalue weighted by molar-refractivity contribution is 0.103. The van der Waals surface area contributed by atoms with Crippen LogP contribution in [0.15, 0.2) is 35.9 Å². The van der Waals surface area contributed by atoms with Crippen LogP contribution in [-0.2, 0) is 0 Å². The molecule has 0 aromatic heterocycles. The molecule has 1 aliphatic carbocycles. The highest BCUT2D eigenvalue weighted by molar-refractivity contribution is 6.22. The fraction of sp³-hybridized carbons (Fsp3) is 0.133. The summed E-state index contributed by atoms with van der Waals surface area (Å²) in [6, 6.07) is 10.1. The van der Waals surface area contributed by atoms with Gasteiger partial charge < -0.3 is 0 Å². The van der Waals surface area contributed by atoms with Crippen LogP contribution in [0.25, 0.3) is 16.8 Å². The molecule has 78 valence electrons. The summed E-state index contributed by atoms with van der Waals surface area (Å²) in [6.45, 7) is 3.97. The van der Waals surface area contributed by atoms with E-state index in [1.807, 2.05) is 25.1 Å². The Kier molecular flexibility index (Phi) is 1.78. The molecule has 0 bridgehead atoms. The van der Waals surface area contributed by atoms with E-state index < -0.39 is 0 Å². The predicted octanol–water partition coefficient (Wildman–Crippen LogP) is 3.75. The van der Waals surface area contributed by atoms with Gasteiger partial charge in [-0.05, 0) is 42.0 Å². The zero-order valence-electron chi connectivity index (χ0n) is 9.37. The second-order valence-electron chi connectivity index (χ2n) is 4.36. The molecule has 0 unspecified atom stereocenters. The Bertz CT molecular complexity index is 648. The Morgan fingerprint density at radius 2 is 1.81 bits per heavy atom. The summed E-state index contributed by atoms with van der Waals surface area (Å²) in [6.07, 6.45) is 2.01. The van der Waals surface area contributed by atoms with E-state index in [0.717, 1.165) is 21.9 Å². The lowest BCUT2D eigenvalue weighted by atomic mass is 9.86. The van der Waals surface area contributed by atoms with E-state index >= 15 is 0 Å². The maximum Gasteiger partial charge on any atom is 0.189 e. The maximum absolute atomic E-state index is 12.0. The molecule has 0 heterocycles. The molecular formula is C15H12O. The summed E-state index contributed by atoms with van der Waals surface area (Å²) in [7, 11) is 0. The number of carbonyl (C=O) groups is 1. The van der Waals surface area contributed by atoms with E-state index in [4.69, 9.17) is 0 Å². The number of carbonyl (C=O) groups excluding carboxylic acids is 1. The Morgan fingerprint density at radius 3 is 2.62 bits per heavy atom. The third-order valence-electron chi connectivity index (χ3n) is 3.27. The number of allylic oxidation sites excluding steroid dienone is 1. The monoisotopic (exact) mass is 208 g/mol. The van der Waals surface area contributed by atoms with Crippen LogP contribution in [-0.4, -0.2) is 5.78 Å². The summed E-state index contributed by atoms with van der Waals surface area (Å²) in [5, 5.41) is 2.26. The van der Waals surface area contributed by atoms with Crippen LogP contribution >= 0.6 is 0 Å². The Hall–Kier alpha value is -1.89. The van der Waals surface area contributed by atoms with Gasteiger partial charge in [0, 0.05) is 10.9 Å². The molecule has 0 N–H and O–H groups in total. The van der Waals surface area contributed by atoms with Gasteiger partial charge in [-0.2, -0.15) is 0 Å². The van der Waals surface area contributed by atoms with Gasteiger partial charge in [0.15, 0.2) is 5.78 Å². The van der Waals surface area contributed by atoms with E-state index in [9.17, 15) is 4.79 Å². The van der Waals surface area contributed by atoms with Crippen molar-refractivity contribution in [1.82, 2.24) is 0 Å². The summed E-state index contributed by atoms with van der Waals surface area (Å²) in [4.78, 5) is 12.0. The molecule has 0 radical (unpaired) electrons. The number of hydrogen-bond acceptors (Lipinski definition) is 1. The lowest BCUT2D eigenvalue weighted by Gasteiger charge is -2.16. The SMILES string of the molecule is CC1=Cc2c(C)ccc3cccc(c23)C1=O. The second kappa shape index (κ2) is 3.05. The number of aryl methyl sites for hydroxylation is 1. The maximum atomic E-state index is 12.0. The van der Waals surface area contributed by atoms with Crippen molar-refractivity contribution in [2.75, 3.05) is 0 Å². The van der Waals surface area contributed by atoms with Gasteiger partial charge in [-0.1, -0.05) is 30.3 Å². The number of ketones is 1. The molecule has 2 aromatic rings. The minimum Gasteiger partial charge on any atom is -0.289 e. The van der Waals surface area contributed by atoms with Gasteiger partial charge in [-0.3, -0.25) is 4.79 Å². The van der Waals surface area contributed by atoms with Gasteiger partial charge in [0.25, 0.3) is 0 Å².